The number of hydrogen-bond donors (Lipinski definition) is 0. The maximum absolute atomic E-state index is 12.8. The largest absolute Gasteiger partial charge is 0.258 e. The summed E-state index contributed by atoms with van der Waals surface area (Å²) >= 11 is 0. The molecule has 0 fully saturated rings. The summed E-state index contributed by atoms with van der Waals surface area (Å²) in [7, 11) is -0.840. The number of hydrogen-bond acceptors (Lipinski definition) is 1. The van der Waals surface area contributed by atoms with E-state index >= 15 is 0 Å². The Morgan fingerprint density at radius 1 is 0.909 bits per heavy atom. The Labute approximate surface area is 140 Å². The molecule has 0 saturated heterocycles. The van der Waals surface area contributed by atoms with Crippen LogP contribution >= 0.6 is 0 Å². The van der Waals surface area contributed by atoms with Crippen LogP contribution in [0.2, 0.25) is 0 Å². The Bertz CT molecular complexity index is 494. The molecule has 0 unspecified atom stereocenters. The van der Waals surface area contributed by atoms with Crippen LogP contribution in [0, 0.1) is 5.41 Å². The van der Waals surface area contributed by atoms with Gasteiger partial charge in [0.1, 0.15) is 0 Å². The molecule has 0 aromatic heterocycles. The lowest BCUT2D eigenvalue weighted by atomic mass is 9.72. The van der Waals surface area contributed by atoms with Gasteiger partial charge in [0.15, 0.2) is 0 Å². The zero-order chi connectivity index (χ0) is 17.2. The lowest BCUT2D eigenvalue weighted by molar-refractivity contribution is 0.258. The lowest BCUT2D eigenvalue weighted by Crippen LogP contribution is -2.39. The first-order valence-electron chi connectivity index (χ1n) is 8.35. The van der Waals surface area contributed by atoms with E-state index < -0.39 is 10.8 Å². The van der Waals surface area contributed by atoms with Gasteiger partial charge in [0.2, 0.25) is 0 Å². The minimum absolute atomic E-state index is 0.147. The predicted octanol–water partition coefficient (Wildman–Crippen LogP) is 5.92. The van der Waals surface area contributed by atoms with Crippen LogP contribution in [0.4, 0.5) is 0 Å². The highest BCUT2D eigenvalue weighted by molar-refractivity contribution is 7.87. The van der Waals surface area contributed by atoms with Crippen LogP contribution in [0.1, 0.15) is 79.7 Å². The molecule has 1 aromatic carbocycles. The van der Waals surface area contributed by atoms with Gasteiger partial charge in [0.05, 0.1) is 0 Å². The van der Waals surface area contributed by atoms with Gasteiger partial charge in [-0.15, -0.1) is 0 Å². The highest BCUT2D eigenvalue weighted by Gasteiger charge is 2.37. The average molecular weight is 323 g/mol. The maximum atomic E-state index is 12.8. The van der Waals surface area contributed by atoms with Crippen molar-refractivity contribution in [3.8, 4) is 0 Å². The monoisotopic (exact) mass is 322 g/mol. The molecule has 0 bridgehead atoms. The van der Waals surface area contributed by atoms with Crippen LogP contribution in [0.5, 0.6) is 0 Å². The summed E-state index contributed by atoms with van der Waals surface area (Å²) in [5, 5.41) is 0. The third-order valence-corrected chi connectivity index (χ3v) is 7.22. The van der Waals surface area contributed by atoms with E-state index in [1.807, 2.05) is 0 Å². The molecular weight excluding hydrogens is 288 g/mol. The van der Waals surface area contributed by atoms with E-state index in [9.17, 15) is 4.21 Å². The molecule has 1 aromatic rings. The molecule has 0 saturated carbocycles. The zero-order valence-electron chi connectivity index (χ0n) is 15.7. The Hall–Kier alpha value is -0.630. The van der Waals surface area contributed by atoms with E-state index in [4.69, 9.17) is 0 Å². The predicted molar refractivity (Wildman–Crippen MR) is 99.8 cm³/mol. The normalized spacial score (nSPS) is 16.4. The second-order valence-corrected chi connectivity index (χ2v) is 11.6. The molecule has 0 amide bonds. The van der Waals surface area contributed by atoms with Gasteiger partial charge < -0.3 is 0 Å². The summed E-state index contributed by atoms with van der Waals surface area (Å²) in [6.07, 6.45) is 2.07. The van der Waals surface area contributed by atoms with Crippen molar-refractivity contribution in [1.29, 1.82) is 0 Å². The molecule has 22 heavy (non-hydrogen) atoms. The average Bonchev–Trinajstić information content (AvgIpc) is 2.44. The highest BCUT2D eigenvalue weighted by atomic mass is 32.2. The number of benzene rings is 1. The zero-order valence-corrected chi connectivity index (χ0v) is 16.5. The molecule has 0 radical (unpaired) electrons. The molecule has 0 aliphatic rings. The smallest absolute Gasteiger partial charge is 0.0408 e. The molecule has 0 aliphatic heterocycles. The summed E-state index contributed by atoms with van der Waals surface area (Å²) in [5.41, 5.74) is 1.59. The molecule has 126 valence electrons. The fourth-order valence-electron chi connectivity index (χ4n) is 2.95. The van der Waals surface area contributed by atoms with Gasteiger partial charge in [-0.1, -0.05) is 51.1 Å². The third kappa shape index (κ3) is 4.94. The Morgan fingerprint density at radius 3 is 1.86 bits per heavy atom. The van der Waals surface area contributed by atoms with Gasteiger partial charge in [0, 0.05) is 20.3 Å². The molecule has 1 rings (SSSR count). The lowest BCUT2D eigenvalue weighted by Gasteiger charge is -2.37. The third-order valence-electron chi connectivity index (χ3n) is 4.90. The molecule has 0 N–H and O–H groups in total. The second kappa shape index (κ2) is 6.86. The second-order valence-electron chi connectivity index (χ2n) is 8.76. The van der Waals surface area contributed by atoms with Crippen molar-refractivity contribution < 1.29 is 4.21 Å². The van der Waals surface area contributed by atoms with Crippen molar-refractivity contribution in [2.45, 2.75) is 83.6 Å². The molecule has 1 nitrogen and oxygen atoms in total. The van der Waals surface area contributed by atoms with E-state index in [0.29, 0.717) is 5.92 Å². The summed E-state index contributed by atoms with van der Waals surface area (Å²) in [5.74, 6) is 0.493. The molecule has 0 aliphatic carbocycles. The van der Waals surface area contributed by atoms with Crippen LogP contribution in [-0.4, -0.2) is 13.7 Å². The van der Waals surface area contributed by atoms with E-state index in [-0.39, 0.29) is 14.9 Å². The molecular formula is C20H34OS. The minimum atomic E-state index is -0.840. The number of rotatable bonds is 6. The fourth-order valence-corrected chi connectivity index (χ4v) is 4.90. The van der Waals surface area contributed by atoms with Crippen molar-refractivity contribution in [1.82, 2.24) is 0 Å². The van der Waals surface area contributed by atoms with E-state index in [1.54, 1.807) is 0 Å². The van der Waals surface area contributed by atoms with Crippen molar-refractivity contribution in [3.05, 3.63) is 35.9 Å². The molecule has 0 spiro atoms. The van der Waals surface area contributed by atoms with Crippen molar-refractivity contribution in [2.24, 2.45) is 5.41 Å². The van der Waals surface area contributed by atoms with Gasteiger partial charge in [-0.25, -0.2) is 0 Å². The maximum Gasteiger partial charge on any atom is 0.0408 e. The van der Waals surface area contributed by atoms with Gasteiger partial charge in [-0.05, 0) is 64.4 Å². The van der Waals surface area contributed by atoms with Crippen LogP contribution < -0.4 is 0 Å². The molecule has 2 heteroatoms. The van der Waals surface area contributed by atoms with Crippen LogP contribution in [0.25, 0.3) is 0 Å². The first kappa shape index (κ1) is 19.4. The molecule has 0 heterocycles. The summed E-state index contributed by atoms with van der Waals surface area (Å²) in [6.45, 7) is 17.5. The van der Waals surface area contributed by atoms with Gasteiger partial charge >= 0.3 is 0 Å². The minimum Gasteiger partial charge on any atom is -0.258 e. The van der Waals surface area contributed by atoms with Gasteiger partial charge in [0.25, 0.3) is 0 Å². The summed E-state index contributed by atoms with van der Waals surface area (Å²) < 4.78 is 12.5. The van der Waals surface area contributed by atoms with Crippen LogP contribution in [0.3, 0.4) is 0 Å². The Morgan fingerprint density at radius 2 is 1.41 bits per heavy atom. The first-order valence-corrected chi connectivity index (χ1v) is 9.50. The summed E-state index contributed by atoms with van der Waals surface area (Å²) in [6, 6.07) is 10.7. The van der Waals surface area contributed by atoms with Crippen LogP contribution in [0.15, 0.2) is 30.3 Å². The first-order chi connectivity index (χ1) is 9.88. The van der Waals surface area contributed by atoms with Crippen molar-refractivity contribution in [3.63, 3.8) is 0 Å². The van der Waals surface area contributed by atoms with Gasteiger partial charge in [-0.2, -0.15) is 0 Å². The quantitative estimate of drug-likeness (QED) is 0.635. The van der Waals surface area contributed by atoms with E-state index in [2.05, 4.69) is 85.7 Å². The Kier molecular flexibility index (Phi) is 6.06. The highest BCUT2D eigenvalue weighted by Crippen LogP contribution is 2.41. The fraction of sp³-hybridized carbons (Fsp3) is 0.700. The molecule has 2 atom stereocenters. The standard InChI is InChI=1S/C20H34OS/c1-16(17-12-10-9-11-13-17)19(5,6)14-15-20(7,8)22(21)18(2,3)4/h9-13,16H,14-15H2,1-8H3/t16-,22-/m1/s1. The van der Waals surface area contributed by atoms with E-state index in [1.165, 1.54) is 5.56 Å². The van der Waals surface area contributed by atoms with Crippen molar-refractivity contribution >= 4 is 10.8 Å². The SMILES string of the molecule is C[C@H](c1ccccc1)C(C)(C)CCC(C)(C)[S@](=O)C(C)(C)C. The summed E-state index contributed by atoms with van der Waals surface area (Å²) in [4.78, 5) is 0. The van der Waals surface area contributed by atoms with Crippen LogP contribution in [-0.2, 0) is 10.8 Å². The Balaban J connectivity index is 2.79. The van der Waals surface area contributed by atoms with E-state index in [0.717, 1.165) is 12.8 Å². The van der Waals surface area contributed by atoms with Crippen molar-refractivity contribution in [2.75, 3.05) is 0 Å². The van der Waals surface area contributed by atoms with Gasteiger partial charge in [-0.3, -0.25) is 4.21 Å². The topological polar surface area (TPSA) is 17.1 Å².